The maximum Gasteiger partial charge on any atom is 0.0900 e. The van der Waals surface area contributed by atoms with Gasteiger partial charge in [0.1, 0.15) is 0 Å². The van der Waals surface area contributed by atoms with Gasteiger partial charge in [0.2, 0.25) is 0 Å². The minimum atomic E-state index is -0.427. The molecule has 4 atom stereocenters. The van der Waals surface area contributed by atoms with Gasteiger partial charge in [-0.1, -0.05) is 81.4 Å². The molecule has 1 heterocycles. The molecule has 0 radical (unpaired) electrons. The minimum Gasteiger partial charge on any atom is -0.389 e. The third-order valence-corrected chi connectivity index (χ3v) is 9.06. The monoisotopic (exact) mass is 462 g/mol. The van der Waals surface area contributed by atoms with E-state index in [-0.39, 0.29) is 17.6 Å². The molecule has 2 aromatic carbocycles. The maximum absolute atomic E-state index is 10.8. The predicted molar refractivity (Wildman–Crippen MR) is 138 cm³/mol. The Balaban J connectivity index is 1.15. The number of fused-ring (bicyclic) bond motifs is 2. The Morgan fingerprint density at radius 3 is 2.03 bits per heavy atom. The van der Waals surface area contributed by atoms with Crippen LogP contribution in [0.5, 0.6) is 0 Å². The Hall–Kier alpha value is -1.72. The van der Waals surface area contributed by atoms with E-state index in [1.54, 1.807) is 0 Å². The van der Waals surface area contributed by atoms with Crippen molar-refractivity contribution in [2.75, 3.05) is 39.3 Å². The minimum absolute atomic E-state index is 0.224. The van der Waals surface area contributed by atoms with Crippen LogP contribution >= 0.6 is 0 Å². The second kappa shape index (κ2) is 9.73. The fraction of sp³-hybridized carbons (Fsp3) is 0.600. The van der Waals surface area contributed by atoms with Crippen molar-refractivity contribution in [3.63, 3.8) is 0 Å². The van der Waals surface area contributed by atoms with Crippen LogP contribution in [0.1, 0.15) is 57.2 Å². The number of hydrogen-bond donors (Lipinski definition) is 1. The maximum atomic E-state index is 10.8. The molecule has 2 unspecified atom stereocenters. The number of rotatable bonds is 8. The molecule has 0 amide bonds. The van der Waals surface area contributed by atoms with Gasteiger partial charge in [0, 0.05) is 32.7 Å². The lowest BCUT2D eigenvalue weighted by Gasteiger charge is -2.43. The van der Waals surface area contributed by atoms with E-state index >= 15 is 0 Å². The van der Waals surface area contributed by atoms with E-state index in [2.05, 4.69) is 91.2 Å². The molecule has 1 saturated heterocycles. The van der Waals surface area contributed by atoms with Crippen molar-refractivity contribution in [3.8, 4) is 0 Å². The summed E-state index contributed by atoms with van der Waals surface area (Å²) in [5.74, 6) is 0.773. The Kier molecular flexibility index (Phi) is 6.87. The molecule has 1 aliphatic heterocycles. The van der Waals surface area contributed by atoms with Crippen LogP contribution in [0.2, 0.25) is 0 Å². The van der Waals surface area contributed by atoms with Crippen LogP contribution in [-0.4, -0.2) is 66.4 Å². The van der Waals surface area contributed by atoms with E-state index in [0.29, 0.717) is 18.6 Å². The molecule has 2 bridgehead atoms. The zero-order valence-electron chi connectivity index (χ0n) is 21.2. The Bertz CT molecular complexity index is 881. The van der Waals surface area contributed by atoms with E-state index in [9.17, 15) is 5.11 Å². The van der Waals surface area contributed by atoms with Crippen LogP contribution in [0.4, 0.5) is 0 Å². The number of nitrogens with zero attached hydrogens (tertiary/aromatic N) is 2. The van der Waals surface area contributed by atoms with Gasteiger partial charge in [-0.25, -0.2) is 0 Å². The highest BCUT2D eigenvalue weighted by Gasteiger charge is 2.60. The molecule has 184 valence electrons. The number of aliphatic hydroxyl groups excluding tert-OH is 1. The molecular formula is C30H42N2O2. The third kappa shape index (κ3) is 4.70. The highest BCUT2D eigenvalue weighted by atomic mass is 16.5. The summed E-state index contributed by atoms with van der Waals surface area (Å²) in [4.78, 5) is 4.99. The number of hydrogen-bond acceptors (Lipinski definition) is 4. The number of β-amino-alcohol motifs (C(OH)–C–C–N with tert-alkyl or cyclic N) is 1. The van der Waals surface area contributed by atoms with Crippen LogP contribution in [0.25, 0.3) is 0 Å². The summed E-state index contributed by atoms with van der Waals surface area (Å²) in [6, 6.07) is 21.9. The van der Waals surface area contributed by atoms with Crippen LogP contribution in [0.3, 0.4) is 0 Å². The van der Waals surface area contributed by atoms with E-state index in [4.69, 9.17) is 4.74 Å². The largest absolute Gasteiger partial charge is 0.389 e. The topological polar surface area (TPSA) is 35.9 Å². The van der Waals surface area contributed by atoms with Crippen molar-refractivity contribution in [1.29, 1.82) is 0 Å². The van der Waals surface area contributed by atoms with Gasteiger partial charge < -0.3 is 9.84 Å². The number of piperazine rings is 1. The second-order valence-corrected chi connectivity index (χ2v) is 11.8. The Labute approximate surface area is 205 Å². The predicted octanol–water partition coefficient (Wildman–Crippen LogP) is 4.99. The van der Waals surface area contributed by atoms with Gasteiger partial charge >= 0.3 is 0 Å². The molecule has 4 nitrogen and oxygen atoms in total. The van der Waals surface area contributed by atoms with Gasteiger partial charge in [0.25, 0.3) is 0 Å². The molecule has 0 aromatic heterocycles. The first-order chi connectivity index (χ1) is 16.4. The first-order valence-electron chi connectivity index (χ1n) is 13.2. The standard InChI is InChI=1S/C30H42N2O2/c1-29(2)25-14-15-30(3,20-25)28(29)34-22-26(33)21-31-16-18-32(19-17-31)27(23-10-6-4-7-11-23)24-12-8-5-9-13-24/h4-13,25-28,33H,14-22H2,1-3H3/t25?,26?,28-,30-/m1/s1. The molecule has 3 aliphatic rings. The molecule has 2 aliphatic carbocycles. The normalized spacial score (nSPS) is 30.1. The summed E-state index contributed by atoms with van der Waals surface area (Å²) in [5, 5.41) is 10.8. The van der Waals surface area contributed by atoms with E-state index in [1.165, 1.54) is 30.4 Å². The Morgan fingerprint density at radius 1 is 0.912 bits per heavy atom. The molecule has 4 heteroatoms. The molecule has 2 aromatic rings. The summed E-state index contributed by atoms with van der Waals surface area (Å²) in [7, 11) is 0. The molecule has 3 fully saturated rings. The van der Waals surface area contributed by atoms with Gasteiger partial charge in [0.15, 0.2) is 0 Å². The highest BCUT2D eigenvalue weighted by molar-refractivity contribution is 5.32. The van der Waals surface area contributed by atoms with Crippen molar-refractivity contribution < 1.29 is 9.84 Å². The first-order valence-corrected chi connectivity index (χ1v) is 13.2. The molecule has 1 N–H and O–H groups in total. The highest BCUT2D eigenvalue weighted by Crippen LogP contribution is 2.63. The van der Waals surface area contributed by atoms with Gasteiger partial charge in [-0.3, -0.25) is 9.80 Å². The summed E-state index contributed by atoms with van der Waals surface area (Å²) in [6.45, 7) is 12.2. The van der Waals surface area contributed by atoms with Crippen LogP contribution in [-0.2, 0) is 4.74 Å². The lowest BCUT2D eigenvalue weighted by Crippen LogP contribution is -2.50. The summed E-state index contributed by atoms with van der Waals surface area (Å²) in [5.41, 5.74) is 3.21. The lowest BCUT2D eigenvalue weighted by atomic mass is 9.70. The number of benzene rings is 2. The summed E-state index contributed by atoms with van der Waals surface area (Å²) >= 11 is 0. The first kappa shape index (κ1) is 24.0. The van der Waals surface area contributed by atoms with Crippen molar-refractivity contribution in [1.82, 2.24) is 9.80 Å². The van der Waals surface area contributed by atoms with Crippen LogP contribution in [0.15, 0.2) is 60.7 Å². The van der Waals surface area contributed by atoms with Crippen molar-refractivity contribution in [2.24, 2.45) is 16.7 Å². The molecule has 5 rings (SSSR count). The van der Waals surface area contributed by atoms with E-state index < -0.39 is 6.10 Å². The Morgan fingerprint density at radius 2 is 1.50 bits per heavy atom. The zero-order chi connectivity index (χ0) is 23.8. The zero-order valence-corrected chi connectivity index (χ0v) is 21.2. The smallest absolute Gasteiger partial charge is 0.0900 e. The summed E-state index contributed by atoms with van der Waals surface area (Å²) < 4.78 is 6.45. The molecule has 2 saturated carbocycles. The third-order valence-electron chi connectivity index (χ3n) is 9.06. The van der Waals surface area contributed by atoms with E-state index in [1.807, 2.05) is 0 Å². The quantitative estimate of drug-likeness (QED) is 0.600. The summed E-state index contributed by atoms with van der Waals surface area (Å²) in [6.07, 6.45) is 3.73. The van der Waals surface area contributed by atoms with Gasteiger partial charge in [-0.05, 0) is 47.1 Å². The molecule has 0 spiro atoms. The second-order valence-electron chi connectivity index (χ2n) is 11.8. The molecule has 34 heavy (non-hydrogen) atoms. The fourth-order valence-corrected chi connectivity index (χ4v) is 7.32. The molecular weight excluding hydrogens is 420 g/mol. The van der Waals surface area contributed by atoms with Crippen molar-refractivity contribution >= 4 is 0 Å². The van der Waals surface area contributed by atoms with Crippen LogP contribution < -0.4 is 0 Å². The van der Waals surface area contributed by atoms with E-state index in [0.717, 1.165) is 32.1 Å². The van der Waals surface area contributed by atoms with Gasteiger partial charge in [0.05, 0.1) is 24.9 Å². The fourth-order valence-electron chi connectivity index (χ4n) is 7.32. The van der Waals surface area contributed by atoms with Crippen LogP contribution in [0, 0.1) is 16.7 Å². The SMILES string of the molecule is CC1(C)C2CC[C@](C)(C2)[C@@H]1OCC(O)CN1CCN(C(c2ccccc2)c2ccccc2)CC1. The number of ether oxygens (including phenoxy) is 1. The van der Waals surface area contributed by atoms with Crippen molar-refractivity contribution in [3.05, 3.63) is 71.8 Å². The average Bonchev–Trinajstić information content (AvgIpc) is 3.32. The lowest BCUT2D eigenvalue weighted by molar-refractivity contribution is -0.114. The average molecular weight is 463 g/mol. The van der Waals surface area contributed by atoms with Gasteiger partial charge in [-0.2, -0.15) is 0 Å². The van der Waals surface area contributed by atoms with Crippen molar-refractivity contribution in [2.45, 2.75) is 58.3 Å². The number of aliphatic hydroxyl groups is 1. The van der Waals surface area contributed by atoms with Gasteiger partial charge in [-0.15, -0.1) is 0 Å².